The van der Waals surface area contributed by atoms with E-state index in [1.165, 1.54) is 64.8 Å². The molecule has 17 heavy (non-hydrogen) atoms. The van der Waals surface area contributed by atoms with Crippen LogP contribution in [0.2, 0.25) is 0 Å². The van der Waals surface area contributed by atoms with Crippen molar-refractivity contribution in [2.24, 2.45) is 5.92 Å². The minimum atomic E-state index is 0.806. The number of nitrogens with one attached hydrogen (secondary N) is 1. The van der Waals surface area contributed by atoms with Crippen molar-refractivity contribution >= 4 is 0 Å². The molecule has 0 spiro atoms. The summed E-state index contributed by atoms with van der Waals surface area (Å²) in [6, 6.07) is 0.806. The van der Waals surface area contributed by atoms with Crippen LogP contribution in [-0.4, -0.2) is 62.7 Å². The second-order valence-electron chi connectivity index (χ2n) is 6.12. The molecule has 2 aliphatic rings. The zero-order valence-electron chi connectivity index (χ0n) is 11.6. The Morgan fingerprint density at radius 1 is 1.12 bits per heavy atom. The molecule has 2 rings (SSSR count). The lowest BCUT2D eigenvalue weighted by Crippen LogP contribution is -2.43. The number of piperidine rings is 1. The van der Waals surface area contributed by atoms with Crippen molar-refractivity contribution in [3.63, 3.8) is 0 Å². The van der Waals surface area contributed by atoms with E-state index in [0.29, 0.717) is 0 Å². The smallest absolute Gasteiger partial charge is 0.00915 e. The second kappa shape index (κ2) is 6.72. The first-order valence-corrected chi connectivity index (χ1v) is 7.34. The number of likely N-dealkylation sites (tertiary alicyclic amines) is 1. The Labute approximate surface area is 107 Å². The average Bonchev–Trinajstić information content (AvgIpc) is 3.11. The highest BCUT2D eigenvalue weighted by atomic mass is 15.1. The lowest BCUT2D eigenvalue weighted by atomic mass is 10.0. The summed E-state index contributed by atoms with van der Waals surface area (Å²) in [5.74, 6) is 1.02. The molecule has 2 fully saturated rings. The fourth-order valence-corrected chi connectivity index (χ4v) is 2.63. The molecule has 0 aromatic heterocycles. The number of nitrogens with zero attached hydrogens (tertiary/aromatic N) is 2. The van der Waals surface area contributed by atoms with Gasteiger partial charge in [-0.1, -0.05) is 0 Å². The van der Waals surface area contributed by atoms with E-state index >= 15 is 0 Å². The van der Waals surface area contributed by atoms with Crippen LogP contribution in [0.15, 0.2) is 0 Å². The highest BCUT2D eigenvalue weighted by Crippen LogP contribution is 2.28. The third-order valence-electron chi connectivity index (χ3n) is 4.06. The van der Waals surface area contributed by atoms with E-state index in [2.05, 4.69) is 29.2 Å². The van der Waals surface area contributed by atoms with Gasteiger partial charge in [-0.2, -0.15) is 0 Å². The number of hydrogen-bond acceptors (Lipinski definition) is 3. The topological polar surface area (TPSA) is 18.5 Å². The summed E-state index contributed by atoms with van der Waals surface area (Å²) in [5.41, 5.74) is 0. The maximum atomic E-state index is 3.74. The van der Waals surface area contributed by atoms with Gasteiger partial charge in [0.15, 0.2) is 0 Å². The van der Waals surface area contributed by atoms with Crippen LogP contribution in [0.1, 0.15) is 32.1 Å². The average molecular weight is 239 g/mol. The van der Waals surface area contributed by atoms with Gasteiger partial charge in [-0.15, -0.1) is 0 Å². The number of hydrogen-bond donors (Lipinski definition) is 1. The van der Waals surface area contributed by atoms with Gasteiger partial charge in [0.1, 0.15) is 0 Å². The van der Waals surface area contributed by atoms with Crippen LogP contribution in [-0.2, 0) is 0 Å². The first kappa shape index (κ1) is 13.3. The van der Waals surface area contributed by atoms with E-state index < -0.39 is 0 Å². The molecular weight excluding hydrogens is 210 g/mol. The van der Waals surface area contributed by atoms with Crippen molar-refractivity contribution in [1.29, 1.82) is 0 Å². The molecule has 100 valence electrons. The zero-order chi connectivity index (χ0) is 12.1. The molecule has 0 radical (unpaired) electrons. The van der Waals surface area contributed by atoms with E-state index in [1.54, 1.807) is 0 Å². The van der Waals surface area contributed by atoms with Gasteiger partial charge < -0.3 is 15.1 Å². The SMILES string of the molecule is CN(C)CCCN1CCC(NCC2CC2)CC1. The predicted molar refractivity (Wildman–Crippen MR) is 73.4 cm³/mol. The van der Waals surface area contributed by atoms with Gasteiger partial charge in [-0.25, -0.2) is 0 Å². The monoisotopic (exact) mass is 239 g/mol. The molecule has 1 aliphatic carbocycles. The van der Waals surface area contributed by atoms with Crippen LogP contribution in [0.4, 0.5) is 0 Å². The second-order valence-corrected chi connectivity index (χ2v) is 6.12. The van der Waals surface area contributed by atoms with Crippen molar-refractivity contribution in [2.75, 3.05) is 46.8 Å². The maximum Gasteiger partial charge on any atom is 0.00915 e. The first-order valence-electron chi connectivity index (χ1n) is 7.34. The molecule has 1 saturated heterocycles. The molecule has 1 N–H and O–H groups in total. The standard InChI is InChI=1S/C14H29N3/c1-16(2)8-3-9-17-10-6-14(7-11-17)15-12-13-4-5-13/h13-15H,3-12H2,1-2H3. The third-order valence-corrected chi connectivity index (χ3v) is 4.06. The Kier molecular flexibility index (Phi) is 5.26. The van der Waals surface area contributed by atoms with Crippen molar-refractivity contribution in [3.8, 4) is 0 Å². The fraction of sp³-hybridized carbons (Fsp3) is 1.00. The minimum Gasteiger partial charge on any atom is -0.314 e. The molecule has 3 nitrogen and oxygen atoms in total. The minimum absolute atomic E-state index is 0.806. The molecule has 3 heteroatoms. The summed E-state index contributed by atoms with van der Waals surface area (Å²) in [6.45, 7) is 6.39. The Hall–Kier alpha value is -0.120. The van der Waals surface area contributed by atoms with Crippen molar-refractivity contribution < 1.29 is 0 Å². The Morgan fingerprint density at radius 2 is 1.82 bits per heavy atom. The van der Waals surface area contributed by atoms with Gasteiger partial charge in [0.05, 0.1) is 0 Å². The van der Waals surface area contributed by atoms with Gasteiger partial charge in [0.25, 0.3) is 0 Å². The van der Waals surface area contributed by atoms with Crippen LogP contribution in [0.3, 0.4) is 0 Å². The lowest BCUT2D eigenvalue weighted by Gasteiger charge is -2.32. The van der Waals surface area contributed by atoms with Gasteiger partial charge in [-0.05, 0) is 84.8 Å². The fourth-order valence-electron chi connectivity index (χ4n) is 2.63. The van der Waals surface area contributed by atoms with Crippen LogP contribution in [0.25, 0.3) is 0 Å². The van der Waals surface area contributed by atoms with E-state index in [0.717, 1.165) is 12.0 Å². The molecule has 0 aromatic rings. The summed E-state index contributed by atoms with van der Waals surface area (Å²) < 4.78 is 0. The van der Waals surface area contributed by atoms with E-state index in [4.69, 9.17) is 0 Å². The van der Waals surface area contributed by atoms with Gasteiger partial charge >= 0.3 is 0 Å². The Bertz CT molecular complexity index is 206. The molecule has 0 atom stereocenters. The molecule has 0 amide bonds. The molecule has 0 bridgehead atoms. The van der Waals surface area contributed by atoms with Crippen molar-refractivity contribution in [1.82, 2.24) is 15.1 Å². The van der Waals surface area contributed by atoms with Crippen molar-refractivity contribution in [2.45, 2.75) is 38.1 Å². The maximum absolute atomic E-state index is 3.74. The normalized spacial score (nSPS) is 23.5. The van der Waals surface area contributed by atoms with E-state index in [1.807, 2.05) is 0 Å². The van der Waals surface area contributed by atoms with Gasteiger partial charge in [0.2, 0.25) is 0 Å². The van der Waals surface area contributed by atoms with Crippen LogP contribution < -0.4 is 5.32 Å². The van der Waals surface area contributed by atoms with Crippen molar-refractivity contribution in [3.05, 3.63) is 0 Å². The summed E-state index contributed by atoms with van der Waals surface area (Å²) in [7, 11) is 4.32. The zero-order valence-corrected chi connectivity index (χ0v) is 11.6. The summed E-state index contributed by atoms with van der Waals surface area (Å²) in [6.07, 6.45) is 6.96. The molecule has 1 heterocycles. The predicted octanol–water partition coefficient (Wildman–Crippen LogP) is 1.40. The van der Waals surface area contributed by atoms with Crippen LogP contribution in [0.5, 0.6) is 0 Å². The summed E-state index contributed by atoms with van der Waals surface area (Å²) >= 11 is 0. The van der Waals surface area contributed by atoms with Crippen LogP contribution >= 0.6 is 0 Å². The lowest BCUT2D eigenvalue weighted by molar-refractivity contribution is 0.189. The summed E-state index contributed by atoms with van der Waals surface area (Å²) in [4.78, 5) is 4.92. The molecule has 1 saturated carbocycles. The molecular formula is C14H29N3. The largest absolute Gasteiger partial charge is 0.314 e. The highest BCUT2D eigenvalue weighted by Gasteiger charge is 2.24. The highest BCUT2D eigenvalue weighted by molar-refractivity contribution is 4.81. The molecule has 0 unspecified atom stereocenters. The van der Waals surface area contributed by atoms with Gasteiger partial charge in [-0.3, -0.25) is 0 Å². The first-order chi connectivity index (χ1) is 8.24. The van der Waals surface area contributed by atoms with E-state index in [-0.39, 0.29) is 0 Å². The number of rotatable bonds is 7. The third kappa shape index (κ3) is 5.36. The van der Waals surface area contributed by atoms with Crippen LogP contribution in [0, 0.1) is 5.92 Å². The Balaban J connectivity index is 1.50. The Morgan fingerprint density at radius 3 is 2.41 bits per heavy atom. The van der Waals surface area contributed by atoms with Gasteiger partial charge in [0, 0.05) is 6.04 Å². The summed E-state index contributed by atoms with van der Waals surface area (Å²) in [5, 5.41) is 3.74. The molecule has 0 aromatic carbocycles. The molecule has 1 aliphatic heterocycles. The van der Waals surface area contributed by atoms with E-state index in [9.17, 15) is 0 Å². The quantitative estimate of drug-likeness (QED) is 0.724.